The van der Waals surface area contributed by atoms with Gasteiger partial charge in [-0.3, -0.25) is 9.50 Å². The smallest absolute Gasteiger partial charge is 0.404 e. The lowest BCUT2D eigenvalue weighted by Gasteiger charge is -2.33. The largest absolute Gasteiger partial charge is 0.465 e. The highest BCUT2D eigenvalue weighted by Gasteiger charge is 2.17. The summed E-state index contributed by atoms with van der Waals surface area (Å²) >= 11 is 0. The monoisotopic (exact) mass is 473 g/mol. The number of hydrogen-bond acceptors (Lipinski definition) is 8. The number of imidazole rings is 1. The zero-order valence-electron chi connectivity index (χ0n) is 20.1. The van der Waals surface area contributed by atoms with Crippen LogP contribution in [-0.2, 0) is 4.74 Å². The van der Waals surface area contributed by atoms with E-state index in [9.17, 15) is 4.79 Å². The molecule has 3 aromatic heterocycles. The number of aromatic nitrogens is 5. The number of amides is 1. The van der Waals surface area contributed by atoms with Crippen LogP contribution >= 0.6 is 0 Å². The minimum Gasteiger partial charge on any atom is -0.465 e. The van der Waals surface area contributed by atoms with Crippen LogP contribution in [0.1, 0.15) is 26.7 Å². The maximum atomic E-state index is 9.70. The number of likely N-dealkylation sites (N-methyl/N-ethyl adjacent to an activating group) is 1. The van der Waals surface area contributed by atoms with Crippen LogP contribution in [0.3, 0.4) is 0 Å². The van der Waals surface area contributed by atoms with E-state index in [1.165, 1.54) is 12.8 Å². The summed E-state index contributed by atoms with van der Waals surface area (Å²) in [6.07, 6.45) is 6.98. The summed E-state index contributed by atoms with van der Waals surface area (Å²) in [5.41, 5.74) is 0.881. The number of H-pyrrole nitrogens is 1. The Balaban J connectivity index is 0.000000223. The molecule has 0 unspecified atom stereocenters. The molecule has 0 aliphatic carbocycles. The third-order valence-corrected chi connectivity index (χ3v) is 5.19. The number of carboxylic acid groups (broad SMARTS) is 1. The fourth-order valence-corrected chi connectivity index (χ4v) is 3.40. The second-order valence-electron chi connectivity index (χ2n) is 8.40. The normalized spacial score (nSPS) is 15.9. The number of carbonyl (C=O) groups is 1. The lowest BCUT2D eigenvalue weighted by Crippen LogP contribution is -2.44. The molecule has 2 aliphatic heterocycles. The average molecular weight is 474 g/mol. The van der Waals surface area contributed by atoms with E-state index in [1.54, 1.807) is 26.2 Å². The van der Waals surface area contributed by atoms with Crippen LogP contribution in [-0.4, -0.2) is 93.1 Å². The quantitative estimate of drug-likeness (QED) is 0.450. The minimum atomic E-state index is -0.963. The van der Waals surface area contributed by atoms with Crippen molar-refractivity contribution >= 4 is 29.3 Å². The molecule has 12 nitrogen and oxygen atoms in total. The Bertz CT molecular complexity index is 987. The van der Waals surface area contributed by atoms with Crippen LogP contribution in [0.2, 0.25) is 0 Å². The van der Waals surface area contributed by atoms with Crippen LogP contribution in [0.4, 0.5) is 22.4 Å². The molecule has 12 heteroatoms. The Morgan fingerprint density at radius 1 is 1.18 bits per heavy atom. The maximum absolute atomic E-state index is 9.70. The first-order chi connectivity index (χ1) is 16.4. The van der Waals surface area contributed by atoms with Crippen molar-refractivity contribution in [2.24, 2.45) is 0 Å². The van der Waals surface area contributed by atoms with Gasteiger partial charge >= 0.3 is 6.09 Å². The number of nitrogens with zero attached hydrogens (tertiary/aromatic N) is 6. The highest BCUT2D eigenvalue weighted by atomic mass is 16.5. The maximum Gasteiger partial charge on any atom is 0.404 e. The molecule has 4 N–H and O–H groups in total. The molecule has 5 heterocycles. The number of rotatable bonds is 4. The fraction of sp³-hybridized carbons (Fsp3) is 0.545. The van der Waals surface area contributed by atoms with Crippen molar-refractivity contribution in [2.45, 2.75) is 32.7 Å². The molecule has 0 radical (unpaired) electrons. The molecule has 0 spiro atoms. The summed E-state index contributed by atoms with van der Waals surface area (Å²) < 4.78 is 6.88. The van der Waals surface area contributed by atoms with E-state index in [0.717, 1.165) is 62.6 Å². The van der Waals surface area contributed by atoms with Gasteiger partial charge in [0.15, 0.2) is 0 Å². The summed E-state index contributed by atoms with van der Waals surface area (Å²) in [6, 6.07) is 3.92. The third kappa shape index (κ3) is 7.89. The van der Waals surface area contributed by atoms with Gasteiger partial charge in [-0.15, -0.1) is 0 Å². The summed E-state index contributed by atoms with van der Waals surface area (Å²) in [6.45, 7) is 9.59. The van der Waals surface area contributed by atoms with Crippen molar-refractivity contribution in [2.75, 3.05) is 56.7 Å². The Kier molecular flexibility index (Phi) is 9.47. The molecule has 1 amide bonds. The van der Waals surface area contributed by atoms with Gasteiger partial charge in [-0.25, -0.2) is 9.78 Å². The molecule has 2 aliphatic rings. The zero-order chi connectivity index (χ0) is 24.3. The van der Waals surface area contributed by atoms with Gasteiger partial charge in [-0.05, 0) is 33.7 Å². The molecule has 0 atom stereocenters. The number of aromatic amines is 1. The van der Waals surface area contributed by atoms with Crippen molar-refractivity contribution in [1.82, 2.24) is 34.8 Å². The summed E-state index contributed by atoms with van der Waals surface area (Å²) in [7, 11) is 2.15. The molecule has 3 aromatic rings. The highest BCUT2D eigenvalue weighted by molar-refractivity contribution is 5.64. The Labute approximate surface area is 199 Å². The van der Waals surface area contributed by atoms with E-state index in [2.05, 4.69) is 42.7 Å². The van der Waals surface area contributed by atoms with Crippen LogP contribution in [0.5, 0.6) is 0 Å². The van der Waals surface area contributed by atoms with Gasteiger partial charge in [-0.1, -0.05) is 0 Å². The molecule has 0 aromatic carbocycles. The first kappa shape index (κ1) is 25.2. The van der Waals surface area contributed by atoms with Gasteiger partial charge in [-0.2, -0.15) is 10.1 Å². The number of fused-ring (bicyclic) bond motifs is 1. The van der Waals surface area contributed by atoms with Crippen molar-refractivity contribution < 1.29 is 14.6 Å². The van der Waals surface area contributed by atoms with E-state index in [-0.39, 0.29) is 6.04 Å². The van der Waals surface area contributed by atoms with Crippen LogP contribution in [0, 0.1) is 0 Å². The average Bonchev–Trinajstić information content (AvgIpc) is 3.57. The van der Waals surface area contributed by atoms with Gasteiger partial charge in [0.2, 0.25) is 5.95 Å². The standard InChI is InChI=1S/C14H18N8.C4H9NO2.C4H8O/c1-20-6-8-21(9-7-20)13-10-12-15-4-5-22(12)14(18-13)17-11-2-3-16-19-11;1-3(2)5-4(6)7;1-2-4-5-3-1/h2-5,10H,6-9H2,1H3,(H2,16,17,18,19);3,5H,1-2H3,(H,6,7);1-4H2. The Hall–Kier alpha value is -3.38. The van der Waals surface area contributed by atoms with Crippen molar-refractivity contribution in [3.63, 3.8) is 0 Å². The number of nitrogens with one attached hydrogen (secondary N) is 3. The van der Waals surface area contributed by atoms with E-state index in [1.807, 2.05) is 22.7 Å². The summed E-state index contributed by atoms with van der Waals surface area (Å²) in [4.78, 5) is 23.5. The predicted molar refractivity (Wildman–Crippen MR) is 131 cm³/mol. The second-order valence-corrected chi connectivity index (χ2v) is 8.40. The van der Waals surface area contributed by atoms with E-state index < -0.39 is 6.09 Å². The molecular weight excluding hydrogens is 438 g/mol. The molecule has 5 rings (SSSR count). The topological polar surface area (TPSA) is 136 Å². The number of ether oxygens (including phenoxy) is 1. The van der Waals surface area contributed by atoms with Gasteiger partial charge in [0.05, 0.1) is 6.20 Å². The zero-order valence-corrected chi connectivity index (χ0v) is 20.1. The molecule has 0 saturated carbocycles. The highest BCUT2D eigenvalue weighted by Crippen LogP contribution is 2.21. The number of anilines is 3. The van der Waals surface area contributed by atoms with E-state index in [4.69, 9.17) is 14.8 Å². The third-order valence-electron chi connectivity index (χ3n) is 5.19. The molecule has 186 valence electrons. The molecular formula is C22H35N9O3. The molecule has 2 fully saturated rings. The minimum absolute atomic E-state index is 0.0255. The van der Waals surface area contributed by atoms with Gasteiger partial charge in [0.25, 0.3) is 0 Å². The Morgan fingerprint density at radius 2 is 1.91 bits per heavy atom. The van der Waals surface area contributed by atoms with Gasteiger partial charge in [0.1, 0.15) is 17.3 Å². The lowest BCUT2D eigenvalue weighted by atomic mass is 10.3. The molecule has 0 bridgehead atoms. The van der Waals surface area contributed by atoms with E-state index >= 15 is 0 Å². The summed E-state index contributed by atoms with van der Waals surface area (Å²) in [5, 5.41) is 20.3. The SMILES string of the molecule is C1CCOC1.CC(C)NC(=O)O.CN1CCN(c2cc3nccn3c(Nc3ccn[nH]3)n2)CC1. The van der Waals surface area contributed by atoms with E-state index in [0.29, 0.717) is 0 Å². The number of piperazine rings is 1. The van der Waals surface area contributed by atoms with Crippen LogP contribution in [0.25, 0.3) is 5.65 Å². The van der Waals surface area contributed by atoms with Crippen LogP contribution in [0.15, 0.2) is 30.7 Å². The fourth-order valence-electron chi connectivity index (χ4n) is 3.40. The lowest BCUT2D eigenvalue weighted by molar-refractivity contribution is 0.191. The first-order valence-corrected chi connectivity index (χ1v) is 11.5. The van der Waals surface area contributed by atoms with Gasteiger partial charge < -0.3 is 30.3 Å². The van der Waals surface area contributed by atoms with Gasteiger partial charge in [0, 0.05) is 70.0 Å². The molecule has 2 saturated heterocycles. The van der Waals surface area contributed by atoms with Crippen LogP contribution < -0.4 is 15.5 Å². The Morgan fingerprint density at radius 3 is 2.44 bits per heavy atom. The molecule has 34 heavy (non-hydrogen) atoms. The summed E-state index contributed by atoms with van der Waals surface area (Å²) in [5.74, 6) is 2.49. The number of hydrogen-bond donors (Lipinski definition) is 4. The first-order valence-electron chi connectivity index (χ1n) is 11.5. The predicted octanol–water partition coefficient (Wildman–Crippen LogP) is 2.41. The second kappa shape index (κ2) is 12.8. The van der Waals surface area contributed by atoms with Crippen molar-refractivity contribution in [3.05, 3.63) is 30.7 Å². The van der Waals surface area contributed by atoms with Crippen molar-refractivity contribution in [3.8, 4) is 0 Å². The van der Waals surface area contributed by atoms with Crippen molar-refractivity contribution in [1.29, 1.82) is 0 Å².